The fraction of sp³-hybridized carbons (Fsp3) is 0.571. The molecule has 0 aromatic carbocycles. The maximum absolute atomic E-state index is 13.0. The number of fused-ring (bicyclic) bond motifs is 2. The van der Waals surface area contributed by atoms with Gasteiger partial charge in [-0.15, -0.1) is 0 Å². The van der Waals surface area contributed by atoms with Crippen molar-refractivity contribution in [1.82, 2.24) is 9.47 Å². The highest BCUT2D eigenvalue weighted by Crippen LogP contribution is 2.53. The molecule has 5 nitrogen and oxygen atoms in total. The lowest BCUT2D eigenvalue weighted by atomic mass is 9.73. The van der Waals surface area contributed by atoms with Gasteiger partial charge in [0.2, 0.25) is 5.91 Å². The van der Waals surface area contributed by atoms with E-state index >= 15 is 0 Å². The van der Waals surface area contributed by atoms with Crippen LogP contribution in [-0.2, 0) is 11.3 Å². The molecule has 5 aliphatic rings. The van der Waals surface area contributed by atoms with Gasteiger partial charge in [0.05, 0.1) is 0 Å². The summed E-state index contributed by atoms with van der Waals surface area (Å²) in [5.41, 5.74) is 2.84. The van der Waals surface area contributed by atoms with Gasteiger partial charge < -0.3 is 15.1 Å². The molecule has 1 aromatic rings. The number of rotatable bonds is 2. The van der Waals surface area contributed by atoms with Crippen molar-refractivity contribution in [3.8, 4) is 11.8 Å². The summed E-state index contributed by atoms with van der Waals surface area (Å²) in [6.45, 7) is 0.755. The second kappa shape index (κ2) is 5.93. The summed E-state index contributed by atoms with van der Waals surface area (Å²) in [5.74, 6) is 0.963. The number of allylic oxidation sites excluding steroid dienone is 4. The van der Waals surface area contributed by atoms with Gasteiger partial charge in [0.25, 0.3) is 0 Å². The van der Waals surface area contributed by atoms with E-state index in [2.05, 4.69) is 18.2 Å². The Hall–Kier alpha value is -2.17. The Morgan fingerprint density at radius 2 is 1.65 bits per heavy atom. The third-order valence-corrected chi connectivity index (χ3v) is 6.76. The largest absolute Gasteiger partial charge is 0.494 e. The molecule has 1 fully saturated rings. The Morgan fingerprint density at radius 3 is 2.31 bits per heavy atom. The van der Waals surface area contributed by atoms with Gasteiger partial charge in [-0.05, 0) is 50.9 Å². The van der Waals surface area contributed by atoms with Crippen LogP contribution in [-0.4, -0.2) is 32.1 Å². The second-order valence-corrected chi connectivity index (χ2v) is 8.18. The van der Waals surface area contributed by atoms with E-state index in [9.17, 15) is 15.0 Å². The van der Waals surface area contributed by atoms with Crippen molar-refractivity contribution in [1.29, 1.82) is 0 Å². The van der Waals surface area contributed by atoms with E-state index in [4.69, 9.17) is 0 Å². The lowest BCUT2D eigenvalue weighted by Crippen LogP contribution is -2.40. The Kier molecular flexibility index (Phi) is 3.66. The molecular formula is C21H26N2O3. The van der Waals surface area contributed by atoms with Crippen LogP contribution in [0, 0.1) is 5.92 Å². The zero-order chi connectivity index (χ0) is 17.8. The minimum atomic E-state index is -0.0268. The van der Waals surface area contributed by atoms with Crippen LogP contribution < -0.4 is 0 Å². The molecule has 0 saturated carbocycles. The maximum atomic E-state index is 13.0. The third kappa shape index (κ3) is 2.25. The molecule has 0 spiro atoms. The summed E-state index contributed by atoms with van der Waals surface area (Å²) < 4.78 is 1.43. The van der Waals surface area contributed by atoms with Crippen LogP contribution in [0.5, 0.6) is 11.8 Å². The number of nitrogens with zero attached hydrogens (tertiary/aromatic N) is 2. The number of carbonyl (C=O) groups is 1. The Balaban J connectivity index is 1.45. The van der Waals surface area contributed by atoms with Crippen molar-refractivity contribution in [3.63, 3.8) is 0 Å². The van der Waals surface area contributed by atoms with Gasteiger partial charge in [-0.2, -0.15) is 0 Å². The maximum Gasteiger partial charge on any atom is 0.246 e. The van der Waals surface area contributed by atoms with E-state index in [0.717, 1.165) is 43.4 Å². The standard InChI is InChI=1S/C21H26N2O3/c24-17(22-11-3-5-13-4-1-2-6-16(13)22)12-23-20(25)18-14-7-8-15(10-9-14)19(18)21(23)26/h6-8,13-15,25-26H,1-5,9-12H2. The molecule has 6 rings (SSSR count). The molecule has 1 aromatic heterocycles. The first-order valence-electron chi connectivity index (χ1n) is 9.98. The molecule has 1 amide bonds. The molecule has 0 radical (unpaired) electrons. The Morgan fingerprint density at radius 1 is 1.00 bits per heavy atom. The molecule has 3 unspecified atom stereocenters. The summed E-state index contributed by atoms with van der Waals surface area (Å²) >= 11 is 0. The molecule has 2 heterocycles. The fourth-order valence-electron chi connectivity index (χ4n) is 5.48. The molecule has 4 aliphatic carbocycles. The van der Waals surface area contributed by atoms with Crippen LogP contribution in [0.4, 0.5) is 0 Å². The van der Waals surface area contributed by atoms with Gasteiger partial charge in [-0.3, -0.25) is 9.36 Å². The second-order valence-electron chi connectivity index (χ2n) is 8.18. The van der Waals surface area contributed by atoms with Gasteiger partial charge in [0.1, 0.15) is 6.54 Å². The number of hydrogen-bond acceptors (Lipinski definition) is 3. The van der Waals surface area contributed by atoms with E-state index in [-0.39, 0.29) is 36.0 Å². The summed E-state index contributed by atoms with van der Waals surface area (Å²) in [4.78, 5) is 14.9. The van der Waals surface area contributed by atoms with Gasteiger partial charge in [-0.25, -0.2) is 0 Å². The summed E-state index contributed by atoms with van der Waals surface area (Å²) in [6, 6.07) is 0. The van der Waals surface area contributed by atoms with Crippen LogP contribution in [0.1, 0.15) is 67.9 Å². The number of hydrogen-bond donors (Lipinski definition) is 2. The fourth-order valence-corrected chi connectivity index (χ4v) is 5.48. The summed E-state index contributed by atoms with van der Waals surface area (Å²) in [5, 5.41) is 21.5. The van der Waals surface area contributed by atoms with Crippen molar-refractivity contribution in [2.24, 2.45) is 5.92 Å². The van der Waals surface area contributed by atoms with Gasteiger partial charge in [-0.1, -0.05) is 18.2 Å². The number of likely N-dealkylation sites (tertiary alicyclic amines) is 1. The average Bonchev–Trinajstić information content (AvgIpc) is 2.95. The lowest BCUT2D eigenvalue weighted by molar-refractivity contribution is -0.131. The first-order valence-corrected chi connectivity index (χ1v) is 9.98. The highest BCUT2D eigenvalue weighted by atomic mass is 16.3. The molecule has 2 bridgehead atoms. The van der Waals surface area contributed by atoms with Crippen LogP contribution in [0.25, 0.3) is 0 Å². The van der Waals surface area contributed by atoms with Crippen molar-refractivity contribution in [2.45, 2.75) is 63.3 Å². The average molecular weight is 354 g/mol. The molecule has 138 valence electrons. The van der Waals surface area contributed by atoms with Crippen molar-refractivity contribution in [3.05, 3.63) is 35.1 Å². The molecule has 2 N–H and O–H groups in total. The highest BCUT2D eigenvalue weighted by Gasteiger charge is 2.38. The first kappa shape index (κ1) is 16.0. The monoisotopic (exact) mass is 354 g/mol. The quantitative estimate of drug-likeness (QED) is 0.795. The van der Waals surface area contributed by atoms with E-state index in [1.165, 1.54) is 29.5 Å². The van der Waals surface area contributed by atoms with Gasteiger partial charge in [0.15, 0.2) is 11.8 Å². The van der Waals surface area contributed by atoms with Crippen molar-refractivity contribution >= 4 is 5.91 Å². The number of piperidine rings is 1. The van der Waals surface area contributed by atoms with Crippen LogP contribution >= 0.6 is 0 Å². The topological polar surface area (TPSA) is 65.7 Å². The number of aromatic hydroxyl groups is 2. The minimum Gasteiger partial charge on any atom is -0.494 e. The molecule has 1 saturated heterocycles. The molecule has 3 atom stereocenters. The van der Waals surface area contributed by atoms with E-state index in [0.29, 0.717) is 5.92 Å². The number of amides is 1. The Bertz CT molecular complexity index is 782. The molecule has 5 heteroatoms. The van der Waals surface area contributed by atoms with E-state index in [1.54, 1.807) is 0 Å². The van der Waals surface area contributed by atoms with E-state index < -0.39 is 0 Å². The minimum absolute atomic E-state index is 0.00810. The van der Waals surface area contributed by atoms with Gasteiger partial charge >= 0.3 is 0 Å². The highest BCUT2D eigenvalue weighted by molar-refractivity contribution is 5.79. The zero-order valence-electron chi connectivity index (χ0n) is 15.0. The SMILES string of the molecule is O=C(Cn1c(O)c2c(c1O)C1C=CC2CC1)N1CCCC2CCCC=C21. The molecule has 1 aliphatic heterocycles. The van der Waals surface area contributed by atoms with Crippen molar-refractivity contribution in [2.75, 3.05) is 6.54 Å². The van der Waals surface area contributed by atoms with Gasteiger partial charge in [0, 0.05) is 35.2 Å². The third-order valence-electron chi connectivity index (χ3n) is 6.76. The summed E-state index contributed by atoms with van der Waals surface area (Å²) in [7, 11) is 0. The predicted octanol–water partition coefficient (Wildman–Crippen LogP) is 3.74. The number of carbonyl (C=O) groups excluding carboxylic acids is 1. The van der Waals surface area contributed by atoms with Crippen LogP contribution in [0.15, 0.2) is 23.9 Å². The Labute approximate surface area is 153 Å². The van der Waals surface area contributed by atoms with Crippen molar-refractivity contribution < 1.29 is 15.0 Å². The smallest absolute Gasteiger partial charge is 0.246 e. The summed E-state index contributed by atoms with van der Waals surface area (Å²) in [6.07, 6.45) is 14.1. The zero-order valence-corrected chi connectivity index (χ0v) is 15.0. The van der Waals surface area contributed by atoms with Crippen LogP contribution in [0.3, 0.4) is 0 Å². The lowest BCUT2D eigenvalue weighted by Gasteiger charge is -2.38. The molecular weight excluding hydrogens is 328 g/mol. The first-order chi connectivity index (χ1) is 12.6. The predicted molar refractivity (Wildman–Crippen MR) is 98.0 cm³/mol. The van der Waals surface area contributed by atoms with E-state index in [1.807, 2.05) is 4.90 Å². The normalized spacial score (nSPS) is 29.3. The number of aromatic nitrogens is 1. The molecule has 26 heavy (non-hydrogen) atoms. The van der Waals surface area contributed by atoms with Crippen LogP contribution in [0.2, 0.25) is 0 Å².